The number of carbonyl (C=O) groups excluding carboxylic acids is 2. The number of anilines is 1. The summed E-state index contributed by atoms with van der Waals surface area (Å²) >= 11 is 0. The minimum atomic E-state index is -0.984. The van der Waals surface area contributed by atoms with E-state index in [1.54, 1.807) is 11.1 Å². The number of carbonyl (C=O) groups is 2. The van der Waals surface area contributed by atoms with Gasteiger partial charge in [0.25, 0.3) is 0 Å². The lowest BCUT2D eigenvalue weighted by atomic mass is 9.79. The number of halogens is 2. The fraction of sp³-hybridized carbons (Fsp3) is 0.353. The van der Waals surface area contributed by atoms with Crippen LogP contribution in [0.1, 0.15) is 60.4 Å². The van der Waals surface area contributed by atoms with E-state index in [4.69, 9.17) is 6.57 Å². The topological polar surface area (TPSA) is 78.7 Å². The van der Waals surface area contributed by atoms with E-state index in [2.05, 4.69) is 20.5 Å². The molecular formula is C34H31F2N5O2. The van der Waals surface area contributed by atoms with Crippen molar-refractivity contribution in [3.05, 3.63) is 106 Å². The number of piperazine rings is 1. The molecule has 2 atom stereocenters. The zero-order valence-electron chi connectivity index (χ0n) is 23.8. The van der Waals surface area contributed by atoms with Gasteiger partial charge in [0.1, 0.15) is 17.5 Å². The van der Waals surface area contributed by atoms with Crippen LogP contribution in [0.25, 0.3) is 10.9 Å². The lowest BCUT2D eigenvalue weighted by Gasteiger charge is -2.51. The van der Waals surface area contributed by atoms with Gasteiger partial charge in [-0.15, -0.1) is 0 Å². The number of aromatic nitrogens is 1. The molecule has 1 saturated carbocycles. The van der Waals surface area contributed by atoms with E-state index in [-0.39, 0.29) is 18.4 Å². The normalized spacial score (nSPS) is 25.4. The Morgan fingerprint density at radius 2 is 1.79 bits per heavy atom. The first-order valence-electron chi connectivity index (χ1n) is 14.7. The molecule has 2 aliphatic carbocycles. The SMILES string of the molecule is [C-]#[N+]c1cc2c(cc1C=CCN1C(=O)C3(CCCC3)NC[C@@]1(C)c1cc(F)cc(F)c1)C[C@@]1(C2)C(=O)Nc2ncccc21. The zero-order chi connectivity index (χ0) is 30.0. The van der Waals surface area contributed by atoms with Gasteiger partial charge in [0, 0.05) is 30.9 Å². The summed E-state index contributed by atoms with van der Waals surface area (Å²) in [6.45, 7) is 10.3. The number of nitrogens with one attached hydrogen (secondary N) is 2. The van der Waals surface area contributed by atoms with Crippen molar-refractivity contribution in [2.24, 2.45) is 0 Å². The third-order valence-corrected chi connectivity index (χ3v) is 9.99. The van der Waals surface area contributed by atoms with E-state index in [0.717, 1.165) is 48.4 Å². The lowest BCUT2D eigenvalue weighted by Crippen LogP contribution is -2.70. The van der Waals surface area contributed by atoms with Crippen molar-refractivity contribution in [1.82, 2.24) is 15.2 Å². The number of amides is 2. The van der Waals surface area contributed by atoms with Gasteiger partial charge in [-0.25, -0.2) is 18.6 Å². The minimum absolute atomic E-state index is 0.0751. The molecule has 0 radical (unpaired) electrons. The van der Waals surface area contributed by atoms with Gasteiger partial charge < -0.3 is 15.5 Å². The van der Waals surface area contributed by atoms with Gasteiger partial charge in [-0.05, 0) is 67.5 Å². The minimum Gasteiger partial charge on any atom is -0.327 e. The highest BCUT2D eigenvalue weighted by atomic mass is 19.1. The van der Waals surface area contributed by atoms with Gasteiger partial charge in [0.05, 0.1) is 23.1 Å². The summed E-state index contributed by atoms with van der Waals surface area (Å²) in [5.74, 6) is -0.939. The highest BCUT2D eigenvalue weighted by Gasteiger charge is 2.53. The molecular weight excluding hydrogens is 548 g/mol. The Bertz CT molecular complexity index is 1740. The van der Waals surface area contributed by atoms with Gasteiger partial charge in [0.15, 0.2) is 5.69 Å². The molecule has 218 valence electrons. The van der Waals surface area contributed by atoms with Crippen LogP contribution in [0.3, 0.4) is 0 Å². The lowest BCUT2D eigenvalue weighted by molar-refractivity contribution is -0.149. The number of hydrogen-bond donors (Lipinski definition) is 2. The van der Waals surface area contributed by atoms with Crippen LogP contribution < -0.4 is 10.6 Å². The van der Waals surface area contributed by atoms with Crippen LogP contribution in [0.5, 0.6) is 0 Å². The predicted octanol–water partition coefficient (Wildman–Crippen LogP) is 5.57. The molecule has 7 rings (SSSR count). The monoisotopic (exact) mass is 579 g/mol. The predicted molar refractivity (Wildman–Crippen MR) is 158 cm³/mol. The highest BCUT2D eigenvalue weighted by Crippen LogP contribution is 2.48. The van der Waals surface area contributed by atoms with Gasteiger partial charge in [0.2, 0.25) is 11.8 Å². The molecule has 1 saturated heterocycles. The largest absolute Gasteiger partial charge is 0.327 e. The van der Waals surface area contributed by atoms with Gasteiger partial charge in [-0.1, -0.05) is 48.8 Å². The average molecular weight is 580 g/mol. The van der Waals surface area contributed by atoms with Gasteiger partial charge in [-0.3, -0.25) is 9.59 Å². The van der Waals surface area contributed by atoms with Crippen molar-refractivity contribution in [3.8, 4) is 0 Å². The molecule has 7 nitrogen and oxygen atoms in total. The molecule has 3 heterocycles. The fourth-order valence-electron chi connectivity index (χ4n) is 7.62. The highest BCUT2D eigenvalue weighted by molar-refractivity contribution is 6.06. The van der Waals surface area contributed by atoms with Crippen molar-refractivity contribution in [3.63, 3.8) is 0 Å². The van der Waals surface area contributed by atoms with Crippen LogP contribution in [-0.4, -0.2) is 40.3 Å². The molecule has 0 bridgehead atoms. The second-order valence-corrected chi connectivity index (χ2v) is 12.5. The molecule has 2 aliphatic heterocycles. The molecule has 4 aliphatic rings. The molecule has 43 heavy (non-hydrogen) atoms. The van der Waals surface area contributed by atoms with Gasteiger partial charge >= 0.3 is 0 Å². The smallest absolute Gasteiger partial charge is 0.243 e. The maximum absolute atomic E-state index is 14.3. The number of pyridine rings is 1. The maximum Gasteiger partial charge on any atom is 0.243 e. The Balaban J connectivity index is 1.21. The summed E-state index contributed by atoms with van der Waals surface area (Å²) in [6.07, 6.45) is 9.69. The van der Waals surface area contributed by atoms with Gasteiger partial charge in [-0.2, -0.15) is 0 Å². The van der Waals surface area contributed by atoms with Crippen molar-refractivity contribution >= 4 is 29.4 Å². The van der Waals surface area contributed by atoms with Crippen LogP contribution in [0.15, 0.2) is 54.7 Å². The summed E-state index contributed by atoms with van der Waals surface area (Å²) in [6, 6.07) is 11.0. The third-order valence-electron chi connectivity index (χ3n) is 9.99. The summed E-state index contributed by atoms with van der Waals surface area (Å²) < 4.78 is 28.6. The Morgan fingerprint density at radius 3 is 2.51 bits per heavy atom. The molecule has 2 fully saturated rings. The molecule has 2 amide bonds. The second-order valence-electron chi connectivity index (χ2n) is 12.5. The second kappa shape index (κ2) is 9.81. The Morgan fingerprint density at radius 1 is 1.07 bits per heavy atom. The maximum atomic E-state index is 14.3. The number of fused-ring (bicyclic) bond motifs is 3. The zero-order valence-corrected chi connectivity index (χ0v) is 23.8. The first-order chi connectivity index (χ1) is 20.7. The molecule has 3 aromatic rings. The molecule has 0 unspecified atom stereocenters. The first kappa shape index (κ1) is 27.4. The molecule has 9 heteroatoms. The number of nitrogens with zero attached hydrogens (tertiary/aromatic N) is 3. The Kier molecular flexibility index (Phi) is 6.26. The molecule has 2 spiro atoms. The van der Waals surface area contributed by atoms with E-state index in [1.165, 1.54) is 12.1 Å². The van der Waals surface area contributed by atoms with Crippen LogP contribution in [0.2, 0.25) is 0 Å². The quantitative estimate of drug-likeness (QED) is 0.396. The third kappa shape index (κ3) is 4.19. The summed E-state index contributed by atoms with van der Waals surface area (Å²) in [7, 11) is 0. The summed E-state index contributed by atoms with van der Waals surface area (Å²) in [5.41, 5.74) is 2.01. The van der Waals surface area contributed by atoms with Crippen LogP contribution in [0.4, 0.5) is 20.3 Å². The van der Waals surface area contributed by atoms with Crippen LogP contribution in [-0.2, 0) is 33.4 Å². The van der Waals surface area contributed by atoms with Crippen molar-refractivity contribution in [1.29, 1.82) is 0 Å². The Labute approximate surface area is 248 Å². The van der Waals surface area contributed by atoms with Crippen LogP contribution in [0, 0.1) is 18.2 Å². The van der Waals surface area contributed by atoms with E-state index >= 15 is 0 Å². The van der Waals surface area contributed by atoms with E-state index in [0.29, 0.717) is 42.0 Å². The van der Waals surface area contributed by atoms with E-state index in [9.17, 15) is 18.4 Å². The van der Waals surface area contributed by atoms with Crippen LogP contribution >= 0.6 is 0 Å². The molecule has 2 N–H and O–H groups in total. The fourth-order valence-corrected chi connectivity index (χ4v) is 7.62. The standard InChI is InChI=1S/C34H31F2N5O2/c1-32(24-15-25(35)17-26(36)16-24)20-39-34(9-3-4-10-34)31(43)41(32)12-6-7-21-13-22-18-33(19-23(22)14-28(21)37-2)27-8-5-11-38-29(27)40-30(33)42/h5-8,11,13-17,39H,3-4,9-10,12,18-20H2,1H3,(H,38,40,42)/t32-,33-/m0/s1. The Hall–Kier alpha value is -4.42. The number of hydrogen-bond acceptors (Lipinski definition) is 4. The van der Waals surface area contributed by atoms with E-state index < -0.39 is 28.1 Å². The van der Waals surface area contributed by atoms with Crippen molar-refractivity contribution in [2.45, 2.75) is 61.9 Å². The molecule has 2 aromatic carbocycles. The van der Waals surface area contributed by atoms with E-state index in [1.807, 2.05) is 43.3 Å². The molecule has 1 aromatic heterocycles. The average Bonchev–Trinajstić information content (AvgIpc) is 3.68. The summed E-state index contributed by atoms with van der Waals surface area (Å²) in [5, 5.41) is 6.37. The van der Waals surface area contributed by atoms with Crippen molar-refractivity contribution < 1.29 is 18.4 Å². The number of benzene rings is 2. The summed E-state index contributed by atoms with van der Waals surface area (Å²) in [4.78, 5) is 37.0. The first-order valence-corrected chi connectivity index (χ1v) is 14.7. The van der Waals surface area contributed by atoms with Crippen molar-refractivity contribution in [2.75, 3.05) is 18.4 Å². The number of rotatable bonds is 4.